The molecule has 1 atom stereocenters. The van der Waals surface area contributed by atoms with Gasteiger partial charge in [0.15, 0.2) is 6.30 Å². The average molecular weight is 132 g/mol. The third-order valence-corrected chi connectivity index (χ3v) is 1.83. The largest absolute Gasteiger partial charge is 0.317 e. The van der Waals surface area contributed by atoms with E-state index in [-0.39, 0.29) is 5.92 Å². The van der Waals surface area contributed by atoms with Crippen molar-refractivity contribution in [3.63, 3.8) is 0 Å². The Hall–Kier alpha value is -0.150. The molecule has 3 N–H and O–H groups in total. The fourth-order valence-corrected chi connectivity index (χ4v) is 1.16. The number of alkyl halides is 1. The summed E-state index contributed by atoms with van der Waals surface area (Å²) >= 11 is 0. The van der Waals surface area contributed by atoms with Crippen molar-refractivity contribution in [1.82, 2.24) is 5.32 Å². The monoisotopic (exact) mass is 132 g/mol. The molecule has 0 bridgehead atoms. The molecule has 1 aliphatic rings. The number of piperidine rings is 1. The van der Waals surface area contributed by atoms with Crippen LogP contribution in [-0.4, -0.2) is 19.4 Å². The van der Waals surface area contributed by atoms with Crippen molar-refractivity contribution in [2.24, 2.45) is 11.7 Å². The fraction of sp³-hybridized carbons (Fsp3) is 1.00. The molecule has 1 aliphatic heterocycles. The van der Waals surface area contributed by atoms with Gasteiger partial charge >= 0.3 is 0 Å². The number of halogens is 1. The fourth-order valence-electron chi connectivity index (χ4n) is 1.16. The summed E-state index contributed by atoms with van der Waals surface area (Å²) in [6.45, 7) is 1.84. The summed E-state index contributed by atoms with van der Waals surface area (Å²) in [4.78, 5) is 0. The normalized spacial score (nSPS) is 26.0. The summed E-state index contributed by atoms with van der Waals surface area (Å²) in [6.07, 6.45) is 0.669. The van der Waals surface area contributed by atoms with Gasteiger partial charge in [-0.25, -0.2) is 4.39 Å². The SMILES string of the molecule is NC(F)C1CCNCC1. The molecular weight excluding hydrogens is 119 g/mol. The van der Waals surface area contributed by atoms with Gasteiger partial charge in [-0.05, 0) is 25.9 Å². The Morgan fingerprint density at radius 1 is 1.44 bits per heavy atom. The van der Waals surface area contributed by atoms with Gasteiger partial charge < -0.3 is 11.1 Å². The molecule has 1 unspecified atom stereocenters. The Morgan fingerprint density at radius 2 is 2.00 bits per heavy atom. The van der Waals surface area contributed by atoms with Crippen LogP contribution < -0.4 is 11.1 Å². The molecule has 0 aromatic rings. The summed E-state index contributed by atoms with van der Waals surface area (Å²) in [7, 11) is 0. The second kappa shape index (κ2) is 3.13. The molecular formula is C6H13FN2. The molecule has 0 spiro atoms. The molecule has 1 rings (SSSR count). The second-order valence-corrected chi connectivity index (χ2v) is 2.53. The lowest BCUT2D eigenvalue weighted by atomic mass is 9.98. The van der Waals surface area contributed by atoms with E-state index in [2.05, 4.69) is 5.32 Å². The molecule has 2 nitrogen and oxygen atoms in total. The zero-order chi connectivity index (χ0) is 6.69. The van der Waals surface area contributed by atoms with Gasteiger partial charge in [0, 0.05) is 5.92 Å². The molecule has 0 saturated carbocycles. The molecule has 9 heavy (non-hydrogen) atoms. The maximum absolute atomic E-state index is 12.3. The number of hydrogen-bond donors (Lipinski definition) is 2. The number of nitrogens with one attached hydrogen (secondary N) is 1. The highest BCUT2D eigenvalue weighted by atomic mass is 19.1. The number of rotatable bonds is 1. The summed E-state index contributed by atoms with van der Waals surface area (Å²) < 4.78 is 12.3. The smallest absolute Gasteiger partial charge is 0.151 e. The Bertz CT molecular complexity index is 79.1. The molecule has 3 heteroatoms. The van der Waals surface area contributed by atoms with Gasteiger partial charge in [0.1, 0.15) is 0 Å². The van der Waals surface area contributed by atoms with Crippen molar-refractivity contribution in [1.29, 1.82) is 0 Å². The molecule has 1 heterocycles. The lowest BCUT2D eigenvalue weighted by Crippen LogP contribution is -2.35. The van der Waals surface area contributed by atoms with E-state index in [0.29, 0.717) is 0 Å². The third kappa shape index (κ3) is 1.91. The highest BCUT2D eigenvalue weighted by molar-refractivity contribution is 4.71. The van der Waals surface area contributed by atoms with Gasteiger partial charge in [0.2, 0.25) is 0 Å². The highest BCUT2D eigenvalue weighted by Gasteiger charge is 2.18. The maximum Gasteiger partial charge on any atom is 0.151 e. The zero-order valence-corrected chi connectivity index (χ0v) is 5.44. The van der Waals surface area contributed by atoms with Crippen molar-refractivity contribution < 1.29 is 4.39 Å². The van der Waals surface area contributed by atoms with Crippen LogP contribution in [0.4, 0.5) is 4.39 Å². The molecule has 0 aromatic carbocycles. The predicted molar refractivity (Wildman–Crippen MR) is 34.7 cm³/mol. The Kier molecular flexibility index (Phi) is 2.42. The minimum absolute atomic E-state index is 0.103. The van der Waals surface area contributed by atoms with Crippen LogP contribution in [0.2, 0.25) is 0 Å². The van der Waals surface area contributed by atoms with Gasteiger partial charge in [-0.1, -0.05) is 0 Å². The van der Waals surface area contributed by atoms with Gasteiger partial charge in [0.25, 0.3) is 0 Å². The van der Waals surface area contributed by atoms with Crippen molar-refractivity contribution in [3.05, 3.63) is 0 Å². The van der Waals surface area contributed by atoms with Crippen LogP contribution >= 0.6 is 0 Å². The third-order valence-electron chi connectivity index (χ3n) is 1.83. The Morgan fingerprint density at radius 3 is 2.33 bits per heavy atom. The summed E-state index contributed by atoms with van der Waals surface area (Å²) in [6, 6.07) is 0. The van der Waals surface area contributed by atoms with Gasteiger partial charge in [-0.2, -0.15) is 0 Å². The van der Waals surface area contributed by atoms with E-state index in [1.807, 2.05) is 0 Å². The summed E-state index contributed by atoms with van der Waals surface area (Å²) in [5, 5.41) is 3.15. The lowest BCUT2D eigenvalue weighted by molar-refractivity contribution is 0.194. The molecule has 1 fully saturated rings. The first-order valence-corrected chi connectivity index (χ1v) is 3.41. The van der Waals surface area contributed by atoms with E-state index in [9.17, 15) is 4.39 Å². The maximum atomic E-state index is 12.3. The van der Waals surface area contributed by atoms with Crippen LogP contribution in [0.3, 0.4) is 0 Å². The Labute approximate surface area is 54.6 Å². The van der Waals surface area contributed by atoms with Crippen LogP contribution in [0.25, 0.3) is 0 Å². The predicted octanol–water partition coefficient (Wildman–Crippen LogP) is 0.240. The van der Waals surface area contributed by atoms with E-state index < -0.39 is 6.30 Å². The van der Waals surface area contributed by atoms with Gasteiger partial charge in [-0.3, -0.25) is 0 Å². The van der Waals surface area contributed by atoms with Crippen molar-refractivity contribution in [2.45, 2.75) is 19.1 Å². The van der Waals surface area contributed by atoms with E-state index in [4.69, 9.17) is 5.73 Å². The van der Waals surface area contributed by atoms with Crippen molar-refractivity contribution >= 4 is 0 Å². The minimum Gasteiger partial charge on any atom is -0.317 e. The minimum atomic E-state index is -1.10. The van der Waals surface area contributed by atoms with Crippen LogP contribution in [-0.2, 0) is 0 Å². The van der Waals surface area contributed by atoms with Crippen LogP contribution in [0.1, 0.15) is 12.8 Å². The van der Waals surface area contributed by atoms with Crippen LogP contribution in [0, 0.1) is 5.92 Å². The van der Waals surface area contributed by atoms with E-state index in [0.717, 1.165) is 25.9 Å². The second-order valence-electron chi connectivity index (χ2n) is 2.53. The van der Waals surface area contributed by atoms with E-state index in [1.165, 1.54) is 0 Å². The van der Waals surface area contributed by atoms with Gasteiger partial charge in [-0.15, -0.1) is 0 Å². The first-order valence-electron chi connectivity index (χ1n) is 3.41. The van der Waals surface area contributed by atoms with E-state index in [1.54, 1.807) is 0 Å². The van der Waals surface area contributed by atoms with Gasteiger partial charge in [0.05, 0.1) is 0 Å². The quantitative estimate of drug-likeness (QED) is 0.501. The molecule has 0 amide bonds. The van der Waals surface area contributed by atoms with Crippen molar-refractivity contribution in [3.8, 4) is 0 Å². The molecule has 54 valence electrons. The topological polar surface area (TPSA) is 38.0 Å². The number of hydrogen-bond acceptors (Lipinski definition) is 2. The first-order chi connectivity index (χ1) is 4.30. The van der Waals surface area contributed by atoms with Crippen LogP contribution in [0.15, 0.2) is 0 Å². The number of nitrogens with two attached hydrogens (primary N) is 1. The average Bonchev–Trinajstić information content (AvgIpc) is 1.90. The van der Waals surface area contributed by atoms with Crippen molar-refractivity contribution in [2.75, 3.05) is 13.1 Å². The highest BCUT2D eigenvalue weighted by Crippen LogP contribution is 2.14. The van der Waals surface area contributed by atoms with E-state index >= 15 is 0 Å². The summed E-state index contributed by atoms with van der Waals surface area (Å²) in [5.41, 5.74) is 5.07. The first kappa shape index (κ1) is 6.96. The summed E-state index contributed by atoms with van der Waals surface area (Å²) in [5.74, 6) is 0.103. The molecule has 0 radical (unpaired) electrons. The van der Waals surface area contributed by atoms with Crippen LogP contribution in [0.5, 0.6) is 0 Å². The lowest BCUT2D eigenvalue weighted by Gasteiger charge is -2.22. The molecule has 0 aliphatic carbocycles. The molecule has 1 saturated heterocycles. The molecule has 0 aromatic heterocycles. The Balaban J connectivity index is 2.23. The zero-order valence-electron chi connectivity index (χ0n) is 5.44. The standard InChI is InChI=1S/C6H13FN2/c7-6(8)5-1-3-9-4-2-5/h5-6,9H,1-4,8H2.